The second-order valence-corrected chi connectivity index (χ2v) is 10.5. The van der Waals surface area contributed by atoms with E-state index in [2.05, 4.69) is 32.4 Å². The lowest BCUT2D eigenvalue weighted by molar-refractivity contribution is 0.0731. The molecule has 8 heteroatoms. The standard InChI is InChI=1S/C28H34N6O2/c35-27(31-22-6-1-2-7-22)23-18-30-34-25(13-14-29-26(23)34)24-8-5-17-33(24)28(36)21-11-9-20(10-12-21)19-32-15-3-4-16-32/h9-14,18,22,24H,1-8,15-17,19H2,(H,31,35). The highest BCUT2D eigenvalue weighted by molar-refractivity contribution is 6.00. The van der Waals surface area contributed by atoms with E-state index in [-0.39, 0.29) is 23.9 Å². The molecule has 8 nitrogen and oxygen atoms in total. The van der Waals surface area contributed by atoms with Gasteiger partial charge >= 0.3 is 0 Å². The maximum absolute atomic E-state index is 13.5. The van der Waals surface area contributed by atoms with E-state index in [1.807, 2.05) is 23.1 Å². The number of fused-ring (bicyclic) bond motifs is 1. The zero-order chi connectivity index (χ0) is 24.5. The highest BCUT2D eigenvalue weighted by Gasteiger charge is 2.33. The predicted molar refractivity (Wildman–Crippen MR) is 137 cm³/mol. The average molecular weight is 487 g/mol. The van der Waals surface area contributed by atoms with E-state index >= 15 is 0 Å². The van der Waals surface area contributed by atoms with Crippen LogP contribution in [-0.2, 0) is 6.54 Å². The summed E-state index contributed by atoms with van der Waals surface area (Å²) in [5.74, 6) is -0.0727. The van der Waals surface area contributed by atoms with Gasteiger partial charge in [-0.15, -0.1) is 0 Å². The van der Waals surface area contributed by atoms with Crippen molar-refractivity contribution in [2.45, 2.75) is 70.0 Å². The molecule has 36 heavy (non-hydrogen) atoms. The van der Waals surface area contributed by atoms with E-state index in [0.717, 1.165) is 69.4 Å². The molecule has 6 rings (SSSR count). The van der Waals surface area contributed by atoms with Crippen LogP contribution < -0.4 is 5.32 Å². The smallest absolute Gasteiger partial charge is 0.256 e. The van der Waals surface area contributed by atoms with Crippen LogP contribution in [0.25, 0.3) is 5.65 Å². The number of aromatic nitrogens is 3. The molecule has 0 spiro atoms. The summed E-state index contributed by atoms with van der Waals surface area (Å²) >= 11 is 0. The molecule has 1 aliphatic carbocycles. The van der Waals surface area contributed by atoms with Crippen LogP contribution in [0.15, 0.2) is 42.7 Å². The quantitative estimate of drug-likeness (QED) is 0.570. The molecule has 0 bridgehead atoms. The molecule has 0 radical (unpaired) electrons. The Hall–Kier alpha value is -3.26. The second kappa shape index (κ2) is 10.0. The van der Waals surface area contributed by atoms with Crippen molar-refractivity contribution in [3.8, 4) is 0 Å². The summed E-state index contributed by atoms with van der Waals surface area (Å²) in [6.07, 6.45) is 12.1. The number of likely N-dealkylation sites (tertiary alicyclic amines) is 2. The van der Waals surface area contributed by atoms with Gasteiger partial charge in [0.25, 0.3) is 11.8 Å². The van der Waals surface area contributed by atoms with Crippen molar-refractivity contribution in [2.75, 3.05) is 19.6 Å². The first-order chi connectivity index (χ1) is 17.7. The van der Waals surface area contributed by atoms with E-state index in [9.17, 15) is 9.59 Å². The lowest BCUT2D eigenvalue weighted by atomic mass is 10.1. The fraction of sp³-hybridized carbons (Fsp3) is 0.500. The minimum Gasteiger partial charge on any atom is -0.349 e. The molecule has 1 unspecified atom stereocenters. The Morgan fingerprint density at radius 3 is 2.47 bits per heavy atom. The number of carbonyl (C=O) groups excluding carboxylic acids is 2. The van der Waals surface area contributed by atoms with Crippen molar-refractivity contribution >= 4 is 17.5 Å². The second-order valence-electron chi connectivity index (χ2n) is 10.5. The molecule has 188 valence electrons. The molecule has 3 aromatic rings. The van der Waals surface area contributed by atoms with Crippen LogP contribution in [0.1, 0.15) is 89.4 Å². The number of amides is 2. The molecule has 2 aliphatic heterocycles. The summed E-state index contributed by atoms with van der Waals surface area (Å²) in [5, 5.41) is 7.67. The van der Waals surface area contributed by atoms with Gasteiger partial charge in [0.15, 0.2) is 5.65 Å². The fourth-order valence-electron chi connectivity index (χ4n) is 6.09. The number of carbonyl (C=O) groups is 2. The first-order valence-electron chi connectivity index (χ1n) is 13.4. The van der Waals surface area contributed by atoms with E-state index in [1.54, 1.807) is 16.9 Å². The summed E-state index contributed by atoms with van der Waals surface area (Å²) in [6, 6.07) is 10.2. The molecule has 3 fully saturated rings. The normalized spacial score (nSPS) is 21.0. The van der Waals surface area contributed by atoms with Crippen molar-refractivity contribution in [3.05, 3.63) is 65.1 Å². The Morgan fingerprint density at radius 2 is 1.69 bits per heavy atom. The highest BCUT2D eigenvalue weighted by Crippen LogP contribution is 2.33. The summed E-state index contributed by atoms with van der Waals surface area (Å²) in [7, 11) is 0. The molecule has 4 heterocycles. The van der Waals surface area contributed by atoms with Crippen molar-refractivity contribution in [2.24, 2.45) is 0 Å². The monoisotopic (exact) mass is 486 g/mol. The Balaban J connectivity index is 1.21. The Morgan fingerprint density at radius 1 is 0.917 bits per heavy atom. The molecule has 1 N–H and O–H groups in total. The number of nitrogens with one attached hydrogen (secondary N) is 1. The molecular formula is C28H34N6O2. The zero-order valence-electron chi connectivity index (χ0n) is 20.7. The maximum atomic E-state index is 13.5. The Bertz CT molecular complexity index is 1240. The number of benzene rings is 1. The van der Waals surface area contributed by atoms with Gasteiger partial charge in [0.1, 0.15) is 5.56 Å². The minimum atomic E-state index is -0.116. The molecule has 2 amide bonds. The van der Waals surface area contributed by atoms with E-state index < -0.39 is 0 Å². The van der Waals surface area contributed by atoms with Gasteiger partial charge in [0.2, 0.25) is 0 Å². The molecule has 1 saturated carbocycles. The molecule has 2 aromatic heterocycles. The third-order valence-corrected chi connectivity index (χ3v) is 8.03. The summed E-state index contributed by atoms with van der Waals surface area (Å²) in [5.41, 5.74) is 3.91. The van der Waals surface area contributed by atoms with Gasteiger partial charge in [-0.05, 0) is 75.4 Å². The summed E-state index contributed by atoms with van der Waals surface area (Å²) in [4.78, 5) is 35.4. The van der Waals surface area contributed by atoms with Crippen molar-refractivity contribution in [1.82, 2.24) is 29.7 Å². The molecule has 3 aliphatic rings. The molecular weight excluding hydrogens is 452 g/mol. The fourth-order valence-corrected chi connectivity index (χ4v) is 6.09. The molecule has 1 atom stereocenters. The number of hydrogen-bond acceptors (Lipinski definition) is 5. The Labute approximate surface area is 211 Å². The summed E-state index contributed by atoms with van der Waals surface area (Å²) in [6.45, 7) is 3.98. The Kier molecular flexibility index (Phi) is 6.44. The maximum Gasteiger partial charge on any atom is 0.256 e. The topological polar surface area (TPSA) is 82.8 Å². The van der Waals surface area contributed by atoms with Gasteiger partial charge < -0.3 is 10.2 Å². The first kappa shape index (κ1) is 23.2. The van der Waals surface area contributed by atoms with Gasteiger partial charge in [-0.3, -0.25) is 14.5 Å². The van der Waals surface area contributed by atoms with Crippen molar-refractivity contribution < 1.29 is 9.59 Å². The van der Waals surface area contributed by atoms with Crippen LogP contribution in [0.2, 0.25) is 0 Å². The van der Waals surface area contributed by atoms with Crippen molar-refractivity contribution in [3.63, 3.8) is 0 Å². The van der Waals surface area contributed by atoms with Crippen LogP contribution in [-0.4, -0.2) is 61.9 Å². The lowest BCUT2D eigenvalue weighted by Gasteiger charge is -2.25. The van der Waals surface area contributed by atoms with Gasteiger partial charge in [-0.2, -0.15) is 5.10 Å². The summed E-state index contributed by atoms with van der Waals surface area (Å²) < 4.78 is 1.75. The van der Waals surface area contributed by atoms with E-state index in [1.165, 1.54) is 18.4 Å². The molecule has 1 aromatic carbocycles. The highest BCUT2D eigenvalue weighted by atomic mass is 16.2. The zero-order valence-corrected chi connectivity index (χ0v) is 20.7. The number of rotatable bonds is 6. The van der Waals surface area contributed by atoms with E-state index in [0.29, 0.717) is 17.8 Å². The third kappa shape index (κ3) is 4.50. The first-order valence-corrected chi connectivity index (χ1v) is 13.4. The van der Waals surface area contributed by atoms with Crippen LogP contribution >= 0.6 is 0 Å². The number of nitrogens with zero attached hydrogens (tertiary/aromatic N) is 5. The largest absolute Gasteiger partial charge is 0.349 e. The van der Waals surface area contributed by atoms with Gasteiger partial charge in [-0.25, -0.2) is 9.50 Å². The van der Waals surface area contributed by atoms with Crippen LogP contribution in [0.3, 0.4) is 0 Å². The van der Waals surface area contributed by atoms with Crippen LogP contribution in [0.4, 0.5) is 0 Å². The van der Waals surface area contributed by atoms with Crippen molar-refractivity contribution in [1.29, 1.82) is 0 Å². The van der Waals surface area contributed by atoms with Gasteiger partial charge in [0.05, 0.1) is 17.9 Å². The van der Waals surface area contributed by atoms with Crippen LogP contribution in [0.5, 0.6) is 0 Å². The lowest BCUT2D eigenvalue weighted by Crippen LogP contribution is -2.33. The van der Waals surface area contributed by atoms with Crippen LogP contribution in [0, 0.1) is 0 Å². The minimum absolute atomic E-state index is 0.0431. The average Bonchev–Trinajstić information content (AvgIpc) is 3.71. The predicted octanol–water partition coefficient (Wildman–Crippen LogP) is 3.97. The molecule has 2 saturated heterocycles. The van der Waals surface area contributed by atoms with Gasteiger partial charge in [-0.1, -0.05) is 25.0 Å². The van der Waals surface area contributed by atoms with Gasteiger partial charge in [0, 0.05) is 30.9 Å². The third-order valence-electron chi connectivity index (χ3n) is 8.03. The SMILES string of the molecule is O=C(NC1CCCC1)c1cnn2c(C3CCCN3C(=O)c3ccc(CN4CCCC4)cc3)ccnc12. The number of hydrogen-bond donors (Lipinski definition) is 1. The van der Waals surface area contributed by atoms with E-state index in [4.69, 9.17) is 0 Å².